The smallest absolute Gasteiger partial charge is 0.300 e. The summed E-state index contributed by atoms with van der Waals surface area (Å²) >= 11 is 0. The van der Waals surface area contributed by atoms with E-state index in [1.807, 2.05) is 31.4 Å². The predicted molar refractivity (Wildman–Crippen MR) is 66.2 cm³/mol. The second kappa shape index (κ2) is 3.84. The van der Waals surface area contributed by atoms with Crippen molar-refractivity contribution in [2.75, 3.05) is 0 Å². The van der Waals surface area contributed by atoms with Crippen molar-refractivity contribution in [2.24, 2.45) is 0 Å². The van der Waals surface area contributed by atoms with Crippen molar-refractivity contribution >= 4 is 16.7 Å². The third kappa shape index (κ3) is 1.67. The number of rotatable bonds is 2. The van der Waals surface area contributed by atoms with E-state index >= 15 is 0 Å². The van der Waals surface area contributed by atoms with Gasteiger partial charge in [-0.2, -0.15) is 0 Å². The molecule has 2 rings (SSSR count). The molecule has 0 saturated carbocycles. The van der Waals surface area contributed by atoms with E-state index in [-0.39, 0.29) is 16.7 Å². The minimum atomic E-state index is -0.345. The van der Waals surface area contributed by atoms with Crippen molar-refractivity contribution in [2.45, 2.75) is 33.7 Å². The maximum Gasteiger partial charge on any atom is 0.300 e. The number of aromatic nitrogens is 2. The van der Waals surface area contributed by atoms with Crippen LogP contribution < -0.4 is 0 Å². The van der Waals surface area contributed by atoms with Gasteiger partial charge in [0.05, 0.1) is 16.8 Å². The van der Waals surface area contributed by atoms with E-state index in [1.54, 1.807) is 13.3 Å². The van der Waals surface area contributed by atoms with Crippen LogP contribution in [0.4, 0.5) is 5.69 Å². The average Bonchev–Trinajstić information content (AvgIpc) is 2.61. The maximum absolute atomic E-state index is 11.1. The van der Waals surface area contributed by atoms with Crippen LogP contribution >= 0.6 is 0 Å². The van der Waals surface area contributed by atoms with Crippen LogP contribution in [0.5, 0.6) is 0 Å². The molecule has 1 aromatic carbocycles. The molecule has 5 heteroatoms. The summed E-state index contributed by atoms with van der Waals surface area (Å²) in [7, 11) is 0. The second-order valence-electron chi connectivity index (χ2n) is 4.54. The van der Waals surface area contributed by atoms with Crippen LogP contribution in [-0.2, 0) is 0 Å². The molecule has 17 heavy (non-hydrogen) atoms. The molecular weight excluding hydrogens is 218 g/mol. The minimum absolute atomic E-state index is 0.124. The normalized spacial score (nSPS) is 11.4. The first-order valence-electron chi connectivity index (χ1n) is 5.54. The van der Waals surface area contributed by atoms with Crippen molar-refractivity contribution < 1.29 is 4.92 Å². The van der Waals surface area contributed by atoms with Crippen LogP contribution in [0, 0.1) is 24.0 Å². The molecule has 5 nitrogen and oxygen atoms in total. The Morgan fingerprint density at radius 1 is 1.41 bits per heavy atom. The van der Waals surface area contributed by atoms with Crippen LogP contribution in [0.25, 0.3) is 11.0 Å². The highest BCUT2D eigenvalue weighted by atomic mass is 16.6. The number of nitro benzene ring substituents is 1. The number of fused-ring (bicyclic) bond motifs is 1. The lowest BCUT2D eigenvalue weighted by Crippen LogP contribution is -2.00. The van der Waals surface area contributed by atoms with Crippen LogP contribution in [-0.4, -0.2) is 14.5 Å². The topological polar surface area (TPSA) is 61.0 Å². The molecule has 1 aromatic heterocycles. The minimum Gasteiger partial charge on any atom is -0.328 e. The van der Waals surface area contributed by atoms with Gasteiger partial charge in [-0.1, -0.05) is 0 Å². The molecule has 0 aliphatic heterocycles. The van der Waals surface area contributed by atoms with Crippen molar-refractivity contribution in [1.82, 2.24) is 9.55 Å². The summed E-state index contributed by atoms with van der Waals surface area (Å²) in [5, 5.41) is 11.1. The molecule has 0 fully saturated rings. The zero-order valence-corrected chi connectivity index (χ0v) is 10.4. The monoisotopic (exact) mass is 233 g/mol. The number of benzene rings is 1. The summed E-state index contributed by atoms with van der Waals surface area (Å²) in [6.07, 6.45) is 1.67. The van der Waals surface area contributed by atoms with Crippen LogP contribution in [0.1, 0.15) is 31.0 Å². The molecule has 0 atom stereocenters. The highest BCUT2D eigenvalue weighted by Gasteiger charge is 2.21. The molecule has 0 unspecified atom stereocenters. The van der Waals surface area contributed by atoms with E-state index < -0.39 is 0 Å². The average molecular weight is 233 g/mol. The van der Waals surface area contributed by atoms with Gasteiger partial charge in [0.1, 0.15) is 0 Å². The van der Waals surface area contributed by atoms with Gasteiger partial charge in [0.15, 0.2) is 5.52 Å². The molecule has 0 saturated heterocycles. The number of hydrogen-bond donors (Lipinski definition) is 0. The quantitative estimate of drug-likeness (QED) is 0.591. The van der Waals surface area contributed by atoms with Gasteiger partial charge in [-0.3, -0.25) is 10.1 Å². The molecule has 0 spiro atoms. The van der Waals surface area contributed by atoms with Gasteiger partial charge in [-0.15, -0.1) is 0 Å². The Bertz CT molecular complexity index is 599. The van der Waals surface area contributed by atoms with Crippen LogP contribution in [0.2, 0.25) is 0 Å². The Labute approximate surface area is 99.2 Å². The number of hydrogen-bond acceptors (Lipinski definition) is 3. The van der Waals surface area contributed by atoms with Gasteiger partial charge in [0, 0.05) is 11.6 Å². The van der Waals surface area contributed by atoms with Gasteiger partial charge in [-0.05, 0) is 39.3 Å². The highest BCUT2D eigenvalue weighted by Crippen LogP contribution is 2.31. The fourth-order valence-electron chi connectivity index (χ4n) is 2.01. The van der Waals surface area contributed by atoms with Crippen molar-refractivity contribution in [3.63, 3.8) is 0 Å². The summed E-state index contributed by atoms with van der Waals surface area (Å²) in [6, 6.07) is 2.20. The largest absolute Gasteiger partial charge is 0.328 e. The highest BCUT2D eigenvalue weighted by molar-refractivity contribution is 5.87. The number of nitro groups is 1. The van der Waals surface area contributed by atoms with Crippen molar-refractivity contribution in [3.8, 4) is 0 Å². The van der Waals surface area contributed by atoms with E-state index in [2.05, 4.69) is 4.98 Å². The first kappa shape index (κ1) is 11.6. The van der Waals surface area contributed by atoms with Gasteiger partial charge >= 0.3 is 0 Å². The lowest BCUT2D eigenvalue weighted by Gasteiger charge is -2.09. The number of imidazole rings is 1. The fraction of sp³-hybridized carbons (Fsp3) is 0.417. The predicted octanol–water partition coefficient (Wildman–Crippen LogP) is 3.14. The molecule has 1 heterocycles. The summed E-state index contributed by atoms with van der Waals surface area (Å²) in [6.45, 7) is 7.71. The zero-order chi connectivity index (χ0) is 12.7. The Morgan fingerprint density at radius 3 is 2.59 bits per heavy atom. The number of nitrogens with zero attached hydrogens (tertiary/aromatic N) is 3. The zero-order valence-electron chi connectivity index (χ0n) is 10.4. The summed E-state index contributed by atoms with van der Waals surface area (Å²) in [5.41, 5.74) is 3.05. The lowest BCUT2D eigenvalue weighted by atomic mass is 10.1. The first-order valence-corrected chi connectivity index (χ1v) is 5.54. The van der Waals surface area contributed by atoms with E-state index in [0.717, 1.165) is 11.1 Å². The summed E-state index contributed by atoms with van der Waals surface area (Å²) < 4.78 is 1.95. The first-order chi connectivity index (χ1) is 7.93. The van der Waals surface area contributed by atoms with E-state index in [4.69, 9.17) is 0 Å². The van der Waals surface area contributed by atoms with Crippen molar-refractivity contribution in [3.05, 3.63) is 33.6 Å². The molecule has 0 N–H and O–H groups in total. The lowest BCUT2D eigenvalue weighted by molar-refractivity contribution is -0.383. The van der Waals surface area contributed by atoms with Crippen LogP contribution in [0.3, 0.4) is 0 Å². The molecule has 90 valence electrons. The maximum atomic E-state index is 11.1. The SMILES string of the molecule is Cc1cc2c(ncn2C(C)C)c([N+](=O)[O-])c1C. The van der Waals surface area contributed by atoms with Crippen molar-refractivity contribution in [1.29, 1.82) is 0 Å². The fourth-order valence-corrected chi connectivity index (χ4v) is 2.01. The Hall–Kier alpha value is -1.91. The van der Waals surface area contributed by atoms with Crippen LogP contribution in [0.15, 0.2) is 12.4 Å². The third-order valence-electron chi connectivity index (χ3n) is 3.10. The van der Waals surface area contributed by atoms with Gasteiger partial charge < -0.3 is 4.57 Å². The van der Waals surface area contributed by atoms with Gasteiger partial charge in [0.2, 0.25) is 0 Å². The van der Waals surface area contributed by atoms with E-state index in [9.17, 15) is 10.1 Å². The molecule has 0 aliphatic rings. The molecule has 0 bridgehead atoms. The Kier molecular flexibility index (Phi) is 2.61. The second-order valence-corrected chi connectivity index (χ2v) is 4.54. The number of aryl methyl sites for hydroxylation is 1. The molecule has 0 radical (unpaired) electrons. The molecule has 0 amide bonds. The summed E-state index contributed by atoms with van der Waals surface area (Å²) in [5.74, 6) is 0. The molecule has 2 aromatic rings. The third-order valence-corrected chi connectivity index (χ3v) is 3.10. The Balaban J connectivity index is 2.89. The van der Waals surface area contributed by atoms with E-state index in [1.165, 1.54) is 0 Å². The van der Waals surface area contributed by atoms with Gasteiger partial charge in [-0.25, -0.2) is 4.98 Å². The molecule has 0 aliphatic carbocycles. The van der Waals surface area contributed by atoms with Gasteiger partial charge in [0.25, 0.3) is 5.69 Å². The van der Waals surface area contributed by atoms with E-state index in [0.29, 0.717) is 11.1 Å². The standard InChI is InChI=1S/C12H15N3O2/c1-7(2)14-6-13-11-10(14)5-8(3)9(4)12(11)15(16)17/h5-7H,1-4H3. The Morgan fingerprint density at radius 2 is 2.06 bits per heavy atom. The summed E-state index contributed by atoms with van der Waals surface area (Å²) in [4.78, 5) is 15.0. The molecular formula is C12H15N3O2.